The number of imide groups is 1. The number of likely N-dealkylation sites (N-methyl/N-ethyl adjacent to an activating group) is 1. The van der Waals surface area contributed by atoms with E-state index in [9.17, 15) is 14.8 Å². The summed E-state index contributed by atoms with van der Waals surface area (Å²) in [6.07, 6.45) is 0.0141. The van der Waals surface area contributed by atoms with Crippen molar-refractivity contribution in [3.05, 3.63) is 29.8 Å². The molecule has 1 N–H and O–H groups in total. The lowest BCUT2D eigenvalue weighted by molar-refractivity contribution is -0.140. The van der Waals surface area contributed by atoms with E-state index in [1.54, 1.807) is 12.1 Å². The van der Waals surface area contributed by atoms with Crippen molar-refractivity contribution in [1.29, 1.82) is 0 Å². The number of para-hydroxylation sites is 1. The molecule has 1 fully saturated rings. The van der Waals surface area contributed by atoms with Gasteiger partial charge in [-0.05, 0) is 18.6 Å². The molecule has 2 rings (SSSR count). The molecule has 1 aliphatic heterocycles. The summed E-state index contributed by atoms with van der Waals surface area (Å²) >= 11 is 0. The Labute approximate surface area is 99.2 Å². The van der Waals surface area contributed by atoms with Crippen molar-refractivity contribution in [2.24, 2.45) is 0 Å². The Kier molecular flexibility index (Phi) is 2.95. The van der Waals surface area contributed by atoms with Crippen molar-refractivity contribution in [3.8, 4) is 0 Å². The maximum Gasteiger partial charge on any atom is 0.254 e. The Balaban J connectivity index is 2.38. The first-order valence-electron chi connectivity index (χ1n) is 5.36. The first-order chi connectivity index (χ1) is 8.02. The van der Waals surface area contributed by atoms with Crippen LogP contribution in [0.1, 0.15) is 12.0 Å². The summed E-state index contributed by atoms with van der Waals surface area (Å²) in [7, 11) is 1.37. The Morgan fingerprint density at radius 3 is 2.53 bits per heavy atom. The van der Waals surface area contributed by atoms with Crippen molar-refractivity contribution in [2.75, 3.05) is 11.9 Å². The van der Waals surface area contributed by atoms with Gasteiger partial charge in [-0.15, -0.1) is 0 Å². The Bertz CT molecular complexity index is 471. The quantitative estimate of drug-likeness (QED) is 0.611. The summed E-state index contributed by atoms with van der Waals surface area (Å²) in [6.45, 7) is 1.84. The number of anilines is 1. The molecule has 90 valence electrons. The first-order valence-corrected chi connectivity index (χ1v) is 5.36. The summed E-state index contributed by atoms with van der Waals surface area (Å²) in [5, 5.41) is 10.1. The highest BCUT2D eigenvalue weighted by Gasteiger charge is 2.41. The molecule has 17 heavy (non-hydrogen) atoms. The monoisotopic (exact) mass is 234 g/mol. The van der Waals surface area contributed by atoms with E-state index >= 15 is 0 Å². The highest BCUT2D eigenvalue weighted by atomic mass is 16.5. The van der Waals surface area contributed by atoms with Gasteiger partial charge in [-0.1, -0.05) is 18.2 Å². The van der Waals surface area contributed by atoms with Crippen molar-refractivity contribution in [3.63, 3.8) is 0 Å². The van der Waals surface area contributed by atoms with Gasteiger partial charge in [0.2, 0.25) is 5.91 Å². The lowest BCUT2D eigenvalue weighted by Gasteiger charge is -2.18. The molecule has 5 nitrogen and oxygen atoms in total. The molecular formula is C12H14N2O3. The molecule has 1 aromatic carbocycles. The van der Waals surface area contributed by atoms with Crippen LogP contribution < -0.4 is 4.90 Å². The third kappa shape index (κ3) is 1.94. The summed E-state index contributed by atoms with van der Waals surface area (Å²) < 4.78 is 0. The van der Waals surface area contributed by atoms with Crippen LogP contribution in [0.2, 0.25) is 0 Å². The predicted octanol–water partition coefficient (Wildman–Crippen LogP) is 0.948. The number of hydroxylamine groups is 2. The lowest BCUT2D eigenvalue weighted by Crippen LogP contribution is -2.38. The number of aryl methyl sites for hydroxylation is 1. The second kappa shape index (κ2) is 4.27. The van der Waals surface area contributed by atoms with Gasteiger partial charge in [0.25, 0.3) is 5.91 Å². The first kappa shape index (κ1) is 11.8. The van der Waals surface area contributed by atoms with Crippen LogP contribution in [0.15, 0.2) is 24.3 Å². The largest absolute Gasteiger partial charge is 0.313 e. The maximum absolute atomic E-state index is 12.0. The number of nitrogens with zero attached hydrogens (tertiary/aromatic N) is 2. The van der Waals surface area contributed by atoms with Crippen LogP contribution in [0, 0.1) is 6.92 Å². The number of rotatable bonds is 2. The van der Waals surface area contributed by atoms with Crippen LogP contribution in [0.3, 0.4) is 0 Å². The zero-order valence-corrected chi connectivity index (χ0v) is 9.75. The van der Waals surface area contributed by atoms with E-state index in [4.69, 9.17) is 0 Å². The highest BCUT2D eigenvalue weighted by molar-refractivity contribution is 6.22. The number of hydrogen-bond donors (Lipinski definition) is 1. The van der Waals surface area contributed by atoms with Gasteiger partial charge in [0.05, 0.1) is 12.1 Å². The van der Waals surface area contributed by atoms with E-state index in [-0.39, 0.29) is 18.2 Å². The van der Waals surface area contributed by atoms with Crippen LogP contribution in [-0.2, 0) is 9.59 Å². The fraction of sp³-hybridized carbons (Fsp3) is 0.333. The summed E-state index contributed by atoms with van der Waals surface area (Å²) in [5.74, 6) is -0.662. The zero-order valence-electron chi connectivity index (χ0n) is 9.75. The lowest BCUT2D eigenvalue weighted by atomic mass is 10.2. The smallest absolute Gasteiger partial charge is 0.254 e. The van der Waals surface area contributed by atoms with Gasteiger partial charge in [0.15, 0.2) is 0 Å². The Morgan fingerprint density at radius 2 is 2.00 bits per heavy atom. The van der Waals surface area contributed by atoms with Gasteiger partial charge in [0.1, 0.15) is 6.04 Å². The van der Waals surface area contributed by atoms with E-state index in [1.165, 1.54) is 7.05 Å². The van der Waals surface area contributed by atoms with Gasteiger partial charge in [0, 0.05) is 7.05 Å². The molecule has 1 unspecified atom stereocenters. The van der Waals surface area contributed by atoms with Gasteiger partial charge in [-0.3, -0.25) is 9.59 Å². The van der Waals surface area contributed by atoms with E-state index < -0.39 is 6.04 Å². The molecule has 0 radical (unpaired) electrons. The van der Waals surface area contributed by atoms with Gasteiger partial charge < -0.3 is 5.21 Å². The minimum absolute atomic E-state index is 0.0141. The molecule has 1 atom stereocenters. The molecule has 2 amide bonds. The number of hydrogen-bond acceptors (Lipinski definition) is 4. The molecule has 0 bridgehead atoms. The molecule has 1 saturated heterocycles. The molecule has 1 heterocycles. The third-order valence-electron chi connectivity index (χ3n) is 2.93. The number of carbonyl (C=O) groups is 2. The van der Waals surface area contributed by atoms with Crippen LogP contribution in [0.5, 0.6) is 0 Å². The molecule has 1 aromatic rings. The van der Waals surface area contributed by atoms with Crippen molar-refractivity contribution in [2.45, 2.75) is 19.4 Å². The molecule has 0 aliphatic carbocycles. The highest BCUT2D eigenvalue weighted by Crippen LogP contribution is 2.27. The van der Waals surface area contributed by atoms with Crippen LogP contribution in [0.4, 0.5) is 5.69 Å². The van der Waals surface area contributed by atoms with E-state index in [0.29, 0.717) is 5.69 Å². The molecule has 0 aromatic heterocycles. The van der Waals surface area contributed by atoms with Gasteiger partial charge in [-0.2, -0.15) is 5.06 Å². The SMILES string of the molecule is Cc1ccccc1N1C(=O)CC(N(C)O)C1=O. The van der Waals surface area contributed by atoms with Crippen molar-refractivity contribution < 1.29 is 14.8 Å². The topological polar surface area (TPSA) is 60.9 Å². The van der Waals surface area contributed by atoms with Gasteiger partial charge in [-0.25, -0.2) is 4.90 Å². The van der Waals surface area contributed by atoms with E-state index in [2.05, 4.69) is 0 Å². The number of benzene rings is 1. The van der Waals surface area contributed by atoms with Crippen molar-refractivity contribution >= 4 is 17.5 Å². The minimum Gasteiger partial charge on any atom is -0.313 e. The Hall–Kier alpha value is -1.72. The standard InChI is InChI=1S/C12H14N2O3/c1-8-5-3-4-6-9(8)14-11(15)7-10(12(14)16)13(2)17/h3-6,10,17H,7H2,1-2H3. The van der Waals surface area contributed by atoms with Crippen LogP contribution in [-0.4, -0.2) is 35.2 Å². The number of amides is 2. The molecular weight excluding hydrogens is 220 g/mol. The van der Waals surface area contributed by atoms with Gasteiger partial charge >= 0.3 is 0 Å². The average molecular weight is 234 g/mol. The molecule has 1 aliphatic rings. The predicted molar refractivity (Wildman–Crippen MR) is 61.6 cm³/mol. The van der Waals surface area contributed by atoms with Crippen LogP contribution >= 0.6 is 0 Å². The average Bonchev–Trinajstić information content (AvgIpc) is 2.56. The van der Waals surface area contributed by atoms with Crippen molar-refractivity contribution in [1.82, 2.24) is 5.06 Å². The third-order valence-corrected chi connectivity index (χ3v) is 2.93. The summed E-state index contributed by atoms with van der Waals surface area (Å²) in [6, 6.07) is 6.41. The number of carbonyl (C=O) groups excluding carboxylic acids is 2. The minimum atomic E-state index is -0.776. The normalized spacial score (nSPS) is 20.5. The van der Waals surface area contributed by atoms with Crippen LogP contribution in [0.25, 0.3) is 0 Å². The second-order valence-corrected chi connectivity index (χ2v) is 4.15. The molecule has 0 spiro atoms. The fourth-order valence-corrected chi connectivity index (χ4v) is 1.98. The molecule has 5 heteroatoms. The van der Waals surface area contributed by atoms with E-state index in [0.717, 1.165) is 15.5 Å². The zero-order chi connectivity index (χ0) is 12.6. The van der Waals surface area contributed by atoms with E-state index in [1.807, 2.05) is 19.1 Å². The molecule has 0 saturated carbocycles. The Morgan fingerprint density at radius 1 is 1.35 bits per heavy atom. The maximum atomic E-state index is 12.0. The summed E-state index contributed by atoms with van der Waals surface area (Å²) in [5.41, 5.74) is 1.45. The second-order valence-electron chi connectivity index (χ2n) is 4.15. The summed E-state index contributed by atoms with van der Waals surface area (Å²) in [4.78, 5) is 25.0. The fourth-order valence-electron chi connectivity index (χ4n) is 1.98.